The van der Waals surface area contributed by atoms with Crippen molar-refractivity contribution in [1.29, 1.82) is 0 Å². The van der Waals surface area contributed by atoms with Crippen molar-refractivity contribution in [2.45, 2.75) is 6.23 Å². The third-order valence-electron chi connectivity index (χ3n) is 1.96. The summed E-state index contributed by atoms with van der Waals surface area (Å²) in [6, 6.07) is 6.12. The van der Waals surface area contributed by atoms with E-state index in [4.69, 9.17) is 10.5 Å². The highest BCUT2D eigenvalue weighted by molar-refractivity contribution is 5.94. The summed E-state index contributed by atoms with van der Waals surface area (Å²) in [5.74, 6) is -0.445. The number of esters is 1. The van der Waals surface area contributed by atoms with Gasteiger partial charge in [-0.1, -0.05) is 18.2 Å². The van der Waals surface area contributed by atoms with Crippen LogP contribution in [0.25, 0.3) is 0 Å². The summed E-state index contributed by atoms with van der Waals surface area (Å²) in [7, 11) is 0. The average molecular weight is 192 g/mol. The molecular weight excluding hydrogens is 184 g/mol. The van der Waals surface area contributed by atoms with Crippen LogP contribution < -0.4 is 11.1 Å². The zero-order chi connectivity index (χ0) is 10.1. The van der Waals surface area contributed by atoms with Gasteiger partial charge in [-0.05, 0) is 6.07 Å². The smallest absolute Gasteiger partial charge is 0.340 e. The lowest BCUT2D eigenvalue weighted by Crippen LogP contribution is -2.33. The molecule has 1 aliphatic heterocycles. The second-order valence-corrected chi connectivity index (χ2v) is 2.88. The fourth-order valence-electron chi connectivity index (χ4n) is 1.38. The number of carbonyl (C=O) groups is 2. The van der Waals surface area contributed by atoms with Crippen molar-refractivity contribution in [1.82, 2.24) is 5.32 Å². The molecule has 0 radical (unpaired) electrons. The normalized spacial score (nSPS) is 18.6. The van der Waals surface area contributed by atoms with Crippen LogP contribution in [-0.2, 0) is 4.74 Å². The van der Waals surface area contributed by atoms with E-state index >= 15 is 0 Å². The molecule has 1 aromatic carbocycles. The van der Waals surface area contributed by atoms with Gasteiger partial charge in [-0.3, -0.25) is 5.32 Å². The zero-order valence-electron chi connectivity index (χ0n) is 7.19. The van der Waals surface area contributed by atoms with Crippen LogP contribution in [0.3, 0.4) is 0 Å². The molecule has 2 rings (SSSR count). The summed E-state index contributed by atoms with van der Waals surface area (Å²) in [4.78, 5) is 21.8. The van der Waals surface area contributed by atoms with Crippen LogP contribution in [0.4, 0.5) is 4.79 Å². The van der Waals surface area contributed by atoms with E-state index in [0.717, 1.165) is 0 Å². The van der Waals surface area contributed by atoms with Gasteiger partial charge in [0.05, 0.1) is 5.56 Å². The SMILES string of the molecule is NC(=O)N[C@@H]1OC(=O)c2ccccc21. The molecule has 2 amide bonds. The Morgan fingerprint density at radius 2 is 2.14 bits per heavy atom. The first kappa shape index (κ1) is 8.55. The Balaban J connectivity index is 2.34. The molecule has 5 nitrogen and oxygen atoms in total. The van der Waals surface area contributed by atoms with E-state index in [1.54, 1.807) is 24.3 Å². The maximum Gasteiger partial charge on any atom is 0.340 e. The molecule has 0 fully saturated rings. The van der Waals surface area contributed by atoms with Crippen molar-refractivity contribution in [2.75, 3.05) is 0 Å². The third kappa shape index (κ3) is 1.28. The molecule has 0 aromatic heterocycles. The summed E-state index contributed by atoms with van der Waals surface area (Å²) in [5.41, 5.74) is 6.03. The van der Waals surface area contributed by atoms with Gasteiger partial charge in [0, 0.05) is 5.56 Å². The summed E-state index contributed by atoms with van der Waals surface area (Å²) in [6.07, 6.45) is -0.754. The fraction of sp³-hybridized carbons (Fsp3) is 0.111. The van der Waals surface area contributed by atoms with Gasteiger partial charge in [-0.2, -0.15) is 0 Å². The van der Waals surface area contributed by atoms with Gasteiger partial charge in [-0.25, -0.2) is 9.59 Å². The summed E-state index contributed by atoms with van der Waals surface area (Å²) in [5, 5.41) is 2.32. The molecule has 0 unspecified atom stereocenters. The van der Waals surface area contributed by atoms with Gasteiger partial charge in [0.25, 0.3) is 0 Å². The number of ether oxygens (including phenoxy) is 1. The molecule has 1 atom stereocenters. The van der Waals surface area contributed by atoms with Crippen molar-refractivity contribution in [3.63, 3.8) is 0 Å². The monoisotopic (exact) mass is 192 g/mol. The number of benzene rings is 1. The number of amides is 2. The number of carbonyl (C=O) groups excluding carboxylic acids is 2. The van der Waals surface area contributed by atoms with Gasteiger partial charge in [-0.15, -0.1) is 0 Å². The molecule has 0 aliphatic carbocycles. The lowest BCUT2D eigenvalue weighted by molar-refractivity contribution is 0.0340. The number of fused-ring (bicyclic) bond motifs is 1. The van der Waals surface area contributed by atoms with Crippen molar-refractivity contribution in [2.24, 2.45) is 5.73 Å². The Hall–Kier alpha value is -2.04. The average Bonchev–Trinajstić information content (AvgIpc) is 2.44. The molecule has 0 saturated heterocycles. The molecule has 5 heteroatoms. The number of rotatable bonds is 1. The first-order chi connectivity index (χ1) is 6.68. The van der Waals surface area contributed by atoms with E-state index in [0.29, 0.717) is 11.1 Å². The highest BCUT2D eigenvalue weighted by atomic mass is 16.6. The molecule has 0 saturated carbocycles. The summed E-state index contributed by atoms with van der Waals surface area (Å²) >= 11 is 0. The Kier molecular flexibility index (Phi) is 1.85. The maximum atomic E-state index is 11.2. The van der Waals surface area contributed by atoms with Crippen LogP contribution in [-0.4, -0.2) is 12.0 Å². The Morgan fingerprint density at radius 3 is 2.86 bits per heavy atom. The lowest BCUT2D eigenvalue weighted by atomic mass is 10.1. The number of primary amides is 1. The molecule has 3 N–H and O–H groups in total. The van der Waals surface area contributed by atoms with Crippen LogP contribution in [0.2, 0.25) is 0 Å². The van der Waals surface area contributed by atoms with Gasteiger partial charge < -0.3 is 10.5 Å². The molecule has 1 aliphatic rings. The predicted molar refractivity (Wildman–Crippen MR) is 47.3 cm³/mol. The van der Waals surface area contributed by atoms with Crippen molar-refractivity contribution in [3.05, 3.63) is 35.4 Å². The molecule has 0 spiro atoms. The van der Waals surface area contributed by atoms with Crippen molar-refractivity contribution >= 4 is 12.0 Å². The van der Waals surface area contributed by atoms with Gasteiger partial charge >= 0.3 is 12.0 Å². The van der Waals surface area contributed by atoms with Crippen molar-refractivity contribution in [3.8, 4) is 0 Å². The van der Waals surface area contributed by atoms with E-state index in [1.807, 2.05) is 0 Å². The first-order valence-electron chi connectivity index (χ1n) is 4.04. The Bertz CT molecular complexity index is 401. The highest BCUT2D eigenvalue weighted by Crippen LogP contribution is 2.27. The quantitative estimate of drug-likeness (QED) is 0.636. The molecular formula is C9H8N2O3. The van der Waals surface area contributed by atoms with Crippen LogP contribution in [0.5, 0.6) is 0 Å². The Morgan fingerprint density at radius 1 is 1.43 bits per heavy atom. The topological polar surface area (TPSA) is 81.4 Å². The third-order valence-corrected chi connectivity index (χ3v) is 1.96. The van der Waals surface area contributed by atoms with E-state index in [-0.39, 0.29) is 0 Å². The number of hydrogen-bond donors (Lipinski definition) is 2. The largest absolute Gasteiger partial charge is 0.434 e. The van der Waals surface area contributed by atoms with E-state index in [9.17, 15) is 9.59 Å². The number of urea groups is 1. The second kappa shape index (κ2) is 3.02. The number of nitrogens with two attached hydrogens (primary N) is 1. The maximum absolute atomic E-state index is 11.2. The first-order valence-corrected chi connectivity index (χ1v) is 4.04. The van der Waals surface area contributed by atoms with Crippen LogP contribution in [0.15, 0.2) is 24.3 Å². The summed E-state index contributed by atoms with van der Waals surface area (Å²) < 4.78 is 4.89. The fourth-order valence-corrected chi connectivity index (χ4v) is 1.38. The van der Waals surface area contributed by atoms with Gasteiger partial charge in [0.1, 0.15) is 0 Å². The van der Waals surface area contributed by atoms with Crippen LogP contribution >= 0.6 is 0 Å². The van der Waals surface area contributed by atoms with E-state index in [1.165, 1.54) is 0 Å². The van der Waals surface area contributed by atoms with E-state index < -0.39 is 18.2 Å². The Labute approximate surface area is 79.8 Å². The van der Waals surface area contributed by atoms with E-state index in [2.05, 4.69) is 5.32 Å². The minimum Gasteiger partial charge on any atom is -0.434 e. The molecule has 1 aromatic rings. The highest BCUT2D eigenvalue weighted by Gasteiger charge is 2.30. The molecule has 72 valence electrons. The zero-order valence-corrected chi connectivity index (χ0v) is 7.19. The minimum absolute atomic E-state index is 0.445. The van der Waals surface area contributed by atoms with Gasteiger partial charge in [0.2, 0.25) is 6.23 Å². The van der Waals surface area contributed by atoms with Crippen LogP contribution in [0.1, 0.15) is 22.1 Å². The predicted octanol–water partition coefficient (Wildman–Crippen LogP) is 0.524. The molecule has 0 bridgehead atoms. The summed E-state index contributed by atoms with van der Waals surface area (Å²) in [6.45, 7) is 0. The van der Waals surface area contributed by atoms with Gasteiger partial charge in [0.15, 0.2) is 0 Å². The standard InChI is InChI=1S/C9H8N2O3/c10-9(13)11-7-5-3-1-2-4-6(5)8(12)14-7/h1-4,7H,(H3,10,11,13)/t7-/m1/s1. The second-order valence-electron chi connectivity index (χ2n) is 2.88. The minimum atomic E-state index is -0.754. The number of hydrogen-bond acceptors (Lipinski definition) is 3. The van der Waals surface area contributed by atoms with Crippen LogP contribution in [0, 0.1) is 0 Å². The number of nitrogens with one attached hydrogen (secondary N) is 1. The molecule has 1 heterocycles. The number of cyclic esters (lactones) is 1. The lowest BCUT2D eigenvalue weighted by Gasteiger charge is -2.09. The van der Waals surface area contributed by atoms with Crippen molar-refractivity contribution < 1.29 is 14.3 Å². The molecule has 14 heavy (non-hydrogen) atoms.